The minimum Gasteiger partial charge on any atom is -0.104 e. The van der Waals surface area contributed by atoms with Crippen LogP contribution < -0.4 is 0 Å². The molecule has 0 amide bonds. The maximum Gasteiger partial charge on any atom is 0.0116 e. The van der Waals surface area contributed by atoms with Crippen molar-refractivity contribution < 1.29 is 0 Å². The van der Waals surface area contributed by atoms with E-state index < -0.39 is 7.53 Å². The molecule has 1 heterocycles. The largest absolute Gasteiger partial charge is 0.104 e. The molecule has 0 fully saturated rings. The SMILES string of the molecule is C=CC(=C)Cp1c(-c2ccccc2)ccc1-c1ccccc1. The molecule has 0 N–H and O–H groups in total. The number of hydrogen-bond donors (Lipinski definition) is 0. The van der Waals surface area contributed by atoms with E-state index in [-0.39, 0.29) is 0 Å². The number of rotatable bonds is 5. The van der Waals surface area contributed by atoms with Gasteiger partial charge in [0.05, 0.1) is 0 Å². The zero-order chi connectivity index (χ0) is 15.4. The molecule has 0 unspecified atom stereocenters. The fourth-order valence-corrected chi connectivity index (χ4v) is 5.19. The first-order valence-electron chi connectivity index (χ1n) is 7.40. The number of hydrogen-bond acceptors (Lipinski definition) is 0. The topological polar surface area (TPSA) is 0 Å². The van der Waals surface area contributed by atoms with E-state index in [1.54, 1.807) is 0 Å². The first kappa shape index (κ1) is 14.6. The first-order chi connectivity index (χ1) is 10.8. The van der Waals surface area contributed by atoms with E-state index in [1.807, 2.05) is 6.08 Å². The van der Waals surface area contributed by atoms with Crippen molar-refractivity contribution in [2.75, 3.05) is 0 Å². The van der Waals surface area contributed by atoms with Crippen LogP contribution in [0.1, 0.15) is 0 Å². The predicted molar refractivity (Wildman–Crippen MR) is 99.4 cm³/mol. The summed E-state index contributed by atoms with van der Waals surface area (Å²) >= 11 is 0. The van der Waals surface area contributed by atoms with Crippen LogP contribution in [0.4, 0.5) is 0 Å². The monoisotopic (exact) mass is 302 g/mol. The molecule has 0 bridgehead atoms. The van der Waals surface area contributed by atoms with Gasteiger partial charge in [-0.05, 0) is 28.8 Å². The van der Waals surface area contributed by atoms with Gasteiger partial charge < -0.3 is 0 Å². The summed E-state index contributed by atoms with van der Waals surface area (Å²) in [6.45, 7) is 8.01. The van der Waals surface area contributed by atoms with Crippen molar-refractivity contribution >= 4 is 7.53 Å². The van der Waals surface area contributed by atoms with Crippen LogP contribution >= 0.6 is 7.53 Å². The maximum absolute atomic E-state index is 4.14. The van der Waals surface area contributed by atoms with E-state index in [4.69, 9.17) is 0 Å². The van der Waals surface area contributed by atoms with Gasteiger partial charge in [-0.3, -0.25) is 0 Å². The molecular formula is C21H19P. The first-order valence-corrected chi connectivity index (χ1v) is 8.93. The van der Waals surface area contributed by atoms with Crippen LogP contribution in [-0.2, 0) is 6.16 Å². The van der Waals surface area contributed by atoms with Gasteiger partial charge in [-0.15, -0.1) is 7.53 Å². The van der Waals surface area contributed by atoms with Gasteiger partial charge in [0.2, 0.25) is 0 Å². The van der Waals surface area contributed by atoms with E-state index in [2.05, 4.69) is 86.0 Å². The third-order valence-corrected chi connectivity index (χ3v) is 6.47. The lowest BCUT2D eigenvalue weighted by atomic mass is 10.2. The smallest absolute Gasteiger partial charge is 0.0116 e. The Balaban J connectivity index is 2.13. The van der Waals surface area contributed by atoms with Crippen LogP contribution in [-0.4, -0.2) is 0 Å². The lowest BCUT2D eigenvalue weighted by molar-refractivity contribution is 1.47. The van der Waals surface area contributed by atoms with Gasteiger partial charge in [-0.1, -0.05) is 79.9 Å². The Morgan fingerprint density at radius 2 is 1.23 bits per heavy atom. The minimum atomic E-state index is -0.418. The lowest BCUT2D eigenvalue weighted by Gasteiger charge is -2.10. The van der Waals surface area contributed by atoms with Crippen LogP contribution in [0, 0.1) is 0 Å². The van der Waals surface area contributed by atoms with Gasteiger partial charge in [0.25, 0.3) is 0 Å². The Hall–Kier alpha value is -2.30. The molecule has 0 saturated carbocycles. The third kappa shape index (κ3) is 2.98. The van der Waals surface area contributed by atoms with Gasteiger partial charge in [0.1, 0.15) is 0 Å². The Morgan fingerprint density at radius 3 is 1.64 bits per heavy atom. The standard InChI is InChI=1S/C21H19P/c1-3-17(2)16-22-20(18-10-6-4-7-11-18)14-15-21(22)19-12-8-5-9-13-19/h3-15H,1-2,16H2. The summed E-state index contributed by atoms with van der Waals surface area (Å²) in [7, 11) is -0.418. The molecule has 1 heteroatoms. The molecule has 0 aliphatic rings. The second-order valence-corrected chi connectivity index (χ2v) is 7.42. The lowest BCUT2D eigenvalue weighted by Crippen LogP contribution is -1.79. The second-order valence-electron chi connectivity index (χ2n) is 5.28. The molecule has 1 aromatic heterocycles. The van der Waals surface area contributed by atoms with E-state index in [0.717, 1.165) is 11.7 Å². The van der Waals surface area contributed by atoms with Gasteiger partial charge in [0.15, 0.2) is 0 Å². The predicted octanol–water partition coefficient (Wildman–Crippen LogP) is 6.75. The molecule has 0 spiro atoms. The Labute approximate surface area is 133 Å². The van der Waals surface area contributed by atoms with Gasteiger partial charge in [0, 0.05) is 16.8 Å². The second kappa shape index (κ2) is 6.64. The molecule has 3 aromatic rings. The van der Waals surface area contributed by atoms with E-state index in [0.29, 0.717) is 0 Å². The highest BCUT2D eigenvalue weighted by Crippen LogP contribution is 2.52. The Kier molecular flexibility index (Phi) is 4.42. The Bertz CT molecular complexity index is 722. The van der Waals surface area contributed by atoms with Crippen molar-refractivity contribution in [3.63, 3.8) is 0 Å². The molecule has 0 atom stereocenters. The highest BCUT2D eigenvalue weighted by Gasteiger charge is 2.13. The van der Waals surface area contributed by atoms with Gasteiger partial charge in [-0.2, -0.15) is 0 Å². The van der Waals surface area contributed by atoms with Crippen molar-refractivity contribution in [1.82, 2.24) is 0 Å². The molecule has 0 aliphatic carbocycles. The number of benzene rings is 2. The van der Waals surface area contributed by atoms with Crippen LogP contribution in [0.3, 0.4) is 0 Å². The maximum atomic E-state index is 4.14. The molecule has 0 radical (unpaired) electrons. The average molecular weight is 302 g/mol. The fraction of sp³-hybridized carbons (Fsp3) is 0.0476. The van der Waals surface area contributed by atoms with Crippen molar-refractivity contribution in [3.05, 3.63) is 97.6 Å². The molecule has 3 rings (SSSR count). The van der Waals surface area contributed by atoms with E-state index in [9.17, 15) is 0 Å². The molecule has 108 valence electrons. The summed E-state index contributed by atoms with van der Waals surface area (Å²) in [6.07, 6.45) is 2.85. The van der Waals surface area contributed by atoms with Gasteiger partial charge in [-0.25, -0.2) is 0 Å². The number of allylic oxidation sites excluding steroid dienone is 2. The zero-order valence-corrected chi connectivity index (χ0v) is 13.5. The molecular weight excluding hydrogens is 283 g/mol. The normalized spacial score (nSPS) is 10.4. The molecule has 0 saturated heterocycles. The average Bonchev–Trinajstić information content (AvgIpc) is 3.00. The Morgan fingerprint density at radius 1 is 0.773 bits per heavy atom. The minimum absolute atomic E-state index is 0.418. The summed E-state index contributed by atoms with van der Waals surface area (Å²) in [5.74, 6) is 0. The van der Waals surface area contributed by atoms with Crippen molar-refractivity contribution in [2.45, 2.75) is 6.16 Å². The van der Waals surface area contributed by atoms with Crippen molar-refractivity contribution in [3.8, 4) is 21.7 Å². The summed E-state index contributed by atoms with van der Waals surface area (Å²) in [4.78, 5) is 0. The summed E-state index contributed by atoms with van der Waals surface area (Å²) in [5, 5.41) is 2.86. The summed E-state index contributed by atoms with van der Waals surface area (Å²) in [5.41, 5.74) is 3.73. The van der Waals surface area contributed by atoms with Crippen LogP contribution in [0.5, 0.6) is 0 Å². The third-order valence-electron chi connectivity index (χ3n) is 3.77. The molecule has 22 heavy (non-hydrogen) atoms. The quantitative estimate of drug-likeness (QED) is 0.457. The van der Waals surface area contributed by atoms with Gasteiger partial charge >= 0.3 is 0 Å². The molecule has 0 aliphatic heterocycles. The van der Waals surface area contributed by atoms with Crippen molar-refractivity contribution in [1.29, 1.82) is 0 Å². The summed E-state index contributed by atoms with van der Waals surface area (Å²) < 4.78 is 0. The fourth-order valence-electron chi connectivity index (χ4n) is 2.63. The highest BCUT2D eigenvalue weighted by atomic mass is 31.1. The van der Waals surface area contributed by atoms with E-state index >= 15 is 0 Å². The molecule has 0 nitrogen and oxygen atoms in total. The zero-order valence-electron chi connectivity index (χ0n) is 12.6. The van der Waals surface area contributed by atoms with Crippen LogP contribution in [0.2, 0.25) is 0 Å². The summed E-state index contributed by atoms with van der Waals surface area (Å²) in [6, 6.07) is 25.9. The van der Waals surface area contributed by atoms with E-state index in [1.165, 1.54) is 21.7 Å². The molecule has 2 aromatic carbocycles. The highest BCUT2D eigenvalue weighted by molar-refractivity contribution is 7.55. The van der Waals surface area contributed by atoms with Crippen LogP contribution in [0.15, 0.2) is 97.6 Å². The van der Waals surface area contributed by atoms with Crippen LogP contribution in [0.25, 0.3) is 21.7 Å². The van der Waals surface area contributed by atoms with Crippen molar-refractivity contribution in [2.24, 2.45) is 0 Å².